The van der Waals surface area contributed by atoms with Gasteiger partial charge in [0.2, 0.25) is 5.91 Å². The summed E-state index contributed by atoms with van der Waals surface area (Å²) in [4.78, 5) is 32.2. The molecule has 32 heavy (non-hydrogen) atoms. The van der Waals surface area contributed by atoms with E-state index in [0.717, 1.165) is 22.4 Å². The van der Waals surface area contributed by atoms with Gasteiger partial charge in [0, 0.05) is 43.5 Å². The topological polar surface area (TPSA) is 71.5 Å². The lowest BCUT2D eigenvalue weighted by Gasteiger charge is -2.20. The van der Waals surface area contributed by atoms with E-state index in [4.69, 9.17) is 4.74 Å². The number of carbonyl (C=O) groups excluding carboxylic acids is 2. The van der Waals surface area contributed by atoms with Crippen molar-refractivity contribution in [3.8, 4) is 5.75 Å². The maximum absolute atomic E-state index is 13.2. The Balaban J connectivity index is 1.58. The summed E-state index contributed by atoms with van der Waals surface area (Å²) in [5.74, 6) is 0.0702. The van der Waals surface area contributed by atoms with Gasteiger partial charge in [-0.3, -0.25) is 14.6 Å². The van der Waals surface area contributed by atoms with Crippen molar-refractivity contribution in [2.24, 2.45) is 5.92 Å². The number of hydrogen-bond acceptors (Lipinski definition) is 4. The molecule has 4 rings (SSSR count). The Morgan fingerprint density at radius 3 is 2.47 bits per heavy atom. The van der Waals surface area contributed by atoms with Crippen molar-refractivity contribution in [1.29, 1.82) is 0 Å². The Morgan fingerprint density at radius 1 is 1.03 bits per heavy atom. The van der Waals surface area contributed by atoms with Crippen molar-refractivity contribution in [3.05, 3.63) is 95.3 Å². The number of benzene rings is 2. The molecule has 6 heteroatoms. The van der Waals surface area contributed by atoms with Crippen LogP contribution in [0.3, 0.4) is 0 Å². The van der Waals surface area contributed by atoms with Gasteiger partial charge in [0.15, 0.2) is 0 Å². The second kappa shape index (κ2) is 9.64. The molecule has 6 nitrogen and oxygen atoms in total. The Hall–Kier alpha value is -3.67. The summed E-state index contributed by atoms with van der Waals surface area (Å²) < 4.78 is 5.57. The molecule has 0 bridgehead atoms. The number of para-hydroxylation sites is 1. The number of ether oxygens (including phenoxy) is 1. The number of methoxy groups -OCH3 is 1. The summed E-state index contributed by atoms with van der Waals surface area (Å²) in [7, 11) is 1.63. The molecular formula is C26H27N3O3. The van der Waals surface area contributed by atoms with Gasteiger partial charge >= 0.3 is 0 Å². The zero-order valence-corrected chi connectivity index (χ0v) is 18.3. The van der Waals surface area contributed by atoms with Gasteiger partial charge in [0.05, 0.1) is 13.0 Å². The molecule has 2 amide bonds. The first-order valence-electron chi connectivity index (χ1n) is 10.7. The SMILES string of the molecule is COc1ccccc1C1CN(C(=O)c2ccc(C)cc2)CC1C(=O)NCc1ccncc1. The first-order valence-corrected chi connectivity index (χ1v) is 10.7. The summed E-state index contributed by atoms with van der Waals surface area (Å²) in [6, 6.07) is 19.0. The molecule has 1 saturated heterocycles. The highest BCUT2D eigenvalue weighted by Gasteiger charge is 2.41. The first-order chi connectivity index (χ1) is 15.6. The van der Waals surface area contributed by atoms with E-state index in [2.05, 4.69) is 10.3 Å². The van der Waals surface area contributed by atoms with Crippen LogP contribution >= 0.6 is 0 Å². The van der Waals surface area contributed by atoms with Gasteiger partial charge < -0.3 is 15.0 Å². The molecule has 1 aliphatic heterocycles. The molecule has 1 aromatic heterocycles. The fourth-order valence-electron chi connectivity index (χ4n) is 4.22. The van der Waals surface area contributed by atoms with Gasteiger partial charge in [-0.2, -0.15) is 0 Å². The van der Waals surface area contributed by atoms with E-state index >= 15 is 0 Å². The molecule has 3 aromatic rings. The van der Waals surface area contributed by atoms with Crippen LogP contribution in [0.1, 0.15) is 33.0 Å². The minimum absolute atomic E-state index is 0.0608. The Labute approximate surface area is 188 Å². The highest BCUT2D eigenvalue weighted by molar-refractivity contribution is 5.95. The summed E-state index contributed by atoms with van der Waals surface area (Å²) in [5.41, 5.74) is 3.65. The minimum Gasteiger partial charge on any atom is -0.496 e. The number of pyridine rings is 1. The average Bonchev–Trinajstić information content (AvgIpc) is 3.28. The van der Waals surface area contributed by atoms with E-state index in [1.807, 2.05) is 67.6 Å². The monoisotopic (exact) mass is 429 g/mol. The molecule has 1 aliphatic rings. The normalized spacial score (nSPS) is 17.8. The van der Waals surface area contributed by atoms with Gasteiger partial charge in [-0.15, -0.1) is 0 Å². The third-order valence-electron chi connectivity index (χ3n) is 6.00. The lowest BCUT2D eigenvalue weighted by Crippen LogP contribution is -2.35. The van der Waals surface area contributed by atoms with Crippen LogP contribution in [0, 0.1) is 12.8 Å². The van der Waals surface area contributed by atoms with Gasteiger partial charge in [-0.25, -0.2) is 0 Å². The fraction of sp³-hybridized carbons (Fsp3) is 0.269. The lowest BCUT2D eigenvalue weighted by molar-refractivity contribution is -0.125. The number of aryl methyl sites for hydroxylation is 1. The number of aromatic nitrogens is 1. The smallest absolute Gasteiger partial charge is 0.253 e. The first kappa shape index (κ1) is 21.6. The van der Waals surface area contributed by atoms with Crippen LogP contribution in [-0.2, 0) is 11.3 Å². The third-order valence-corrected chi connectivity index (χ3v) is 6.00. The molecule has 0 saturated carbocycles. The minimum atomic E-state index is -0.373. The van der Waals surface area contributed by atoms with Gasteiger partial charge in [-0.1, -0.05) is 35.9 Å². The molecule has 2 aromatic carbocycles. The van der Waals surface area contributed by atoms with Crippen LogP contribution in [0.15, 0.2) is 73.1 Å². The summed E-state index contributed by atoms with van der Waals surface area (Å²) >= 11 is 0. The van der Waals surface area contributed by atoms with Crippen molar-refractivity contribution in [1.82, 2.24) is 15.2 Å². The van der Waals surface area contributed by atoms with Crippen LogP contribution in [0.4, 0.5) is 0 Å². The molecule has 164 valence electrons. The number of rotatable bonds is 6. The molecule has 2 atom stereocenters. The van der Waals surface area contributed by atoms with Crippen molar-refractivity contribution >= 4 is 11.8 Å². The van der Waals surface area contributed by atoms with Gasteiger partial charge in [-0.05, 0) is 48.4 Å². The van der Waals surface area contributed by atoms with E-state index < -0.39 is 0 Å². The van der Waals surface area contributed by atoms with Crippen molar-refractivity contribution < 1.29 is 14.3 Å². The summed E-state index contributed by atoms with van der Waals surface area (Å²) in [6.07, 6.45) is 3.41. The van der Waals surface area contributed by atoms with Crippen molar-refractivity contribution in [2.45, 2.75) is 19.4 Å². The molecule has 0 aliphatic carbocycles. The number of carbonyl (C=O) groups is 2. The number of nitrogens with zero attached hydrogens (tertiary/aromatic N) is 2. The van der Waals surface area contributed by atoms with E-state index in [0.29, 0.717) is 25.2 Å². The molecule has 1 N–H and O–H groups in total. The second-order valence-electron chi connectivity index (χ2n) is 8.10. The van der Waals surface area contributed by atoms with Crippen LogP contribution in [0.25, 0.3) is 0 Å². The summed E-state index contributed by atoms with van der Waals surface area (Å²) in [6.45, 7) is 3.23. The van der Waals surface area contributed by atoms with E-state index in [-0.39, 0.29) is 23.7 Å². The van der Waals surface area contributed by atoms with Crippen LogP contribution in [0.2, 0.25) is 0 Å². The largest absolute Gasteiger partial charge is 0.496 e. The van der Waals surface area contributed by atoms with Crippen molar-refractivity contribution in [3.63, 3.8) is 0 Å². The standard InChI is InChI=1S/C26H27N3O3/c1-18-7-9-20(10-8-18)26(31)29-16-22(21-5-3-4-6-24(21)32-2)23(17-29)25(30)28-15-19-11-13-27-14-12-19/h3-14,22-23H,15-17H2,1-2H3,(H,28,30). The predicted octanol–water partition coefficient (Wildman–Crippen LogP) is 3.57. The van der Waals surface area contributed by atoms with Crippen LogP contribution in [0.5, 0.6) is 5.75 Å². The molecule has 1 fully saturated rings. The number of hydrogen-bond donors (Lipinski definition) is 1. The maximum Gasteiger partial charge on any atom is 0.253 e. The quantitative estimate of drug-likeness (QED) is 0.650. The van der Waals surface area contributed by atoms with Gasteiger partial charge in [0.1, 0.15) is 5.75 Å². The van der Waals surface area contributed by atoms with E-state index in [1.165, 1.54) is 0 Å². The Kier molecular flexibility index (Phi) is 6.50. The fourth-order valence-corrected chi connectivity index (χ4v) is 4.22. The number of nitrogens with one attached hydrogen (secondary N) is 1. The summed E-state index contributed by atoms with van der Waals surface area (Å²) in [5, 5.41) is 3.04. The highest BCUT2D eigenvalue weighted by atomic mass is 16.5. The zero-order valence-electron chi connectivity index (χ0n) is 18.3. The van der Waals surface area contributed by atoms with Crippen LogP contribution < -0.4 is 10.1 Å². The Bertz CT molecular complexity index is 1080. The second-order valence-corrected chi connectivity index (χ2v) is 8.10. The molecule has 0 radical (unpaired) electrons. The molecule has 2 heterocycles. The highest BCUT2D eigenvalue weighted by Crippen LogP contribution is 2.38. The average molecular weight is 430 g/mol. The van der Waals surface area contributed by atoms with Crippen LogP contribution in [-0.4, -0.2) is 41.9 Å². The van der Waals surface area contributed by atoms with Gasteiger partial charge in [0.25, 0.3) is 5.91 Å². The molecule has 2 unspecified atom stereocenters. The van der Waals surface area contributed by atoms with E-state index in [9.17, 15) is 9.59 Å². The number of likely N-dealkylation sites (tertiary alicyclic amines) is 1. The van der Waals surface area contributed by atoms with Crippen molar-refractivity contribution in [2.75, 3.05) is 20.2 Å². The maximum atomic E-state index is 13.2. The lowest BCUT2D eigenvalue weighted by atomic mass is 9.87. The number of amides is 2. The predicted molar refractivity (Wildman–Crippen MR) is 122 cm³/mol. The molecular weight excluding hydrogens is 402 g/mol. The molecule has 0 spiro atoms. The third kappa shape index (κ3) is 4.64. The van der Waals surface area contributed by atoms with E-state index in [1.54, 1.807) is 24.4 Å². The Morgan fingerprint density at radius 2 is 1.75 bits per heavy atom. The zero-order chi connectivity index (χ0) is 22.5.